The molecule has 0 N–H and O–H groups in total. The quantitative estimate of drug-likeness (QED) is 0.784. The van der Waals surface area contributed by atoms with E-state index in [1.165, 1.54) is 41.4 Å². The van der Waals surface area contributed by atoms with Crippen molar-refractivity contribution in [2.75, 3.05) is 32.9 Å². The monoisotopic (exact) mass is 355 g/mol. The molecule has 2 saturated heterocycles. The summed E-state index contributed by atoms with van der Waals surface area (Å²) in [5, 5.41) is 0. The molecule has 4 rings (SSSR count). The Labute approximate surface area is 141 Å². The molecule has 1 atom stereocenters. The van der Waals surface area contributed by atoms with E-state index >= 15 is 0 Å². The molecule has 0 aromatic heterocycles. The molecule has 0 unspecified atom stereocenters. The largest absolute Gasteiger partial charge is 0.381 e. The van der Waals surface area contributed by atoms with Crippen LogP contribution < -0.4 is 0 Å². The summed E-state index contributed by atoms with van der Waals surface area (Å²) in [6.45, 7) is 2.81. The topological polar surface area (TPSA) is 55.8 Å². The smallest absolute Gasteiger partial charge is 0.243 e. The fourth-order valence-corrected chi connectivity index (χ4v) is 5.06. The Bertz CT molecular complexity index is 696. The van der Waals surface area contributed by atoms with Crippen molar-refractivity contribution in [3.8, 4) is 0 Å². The van der Waals surface area contributed by atoms with E-state index < -0.39 is 21.4 Å². The molecule has 1 spiro atoms. The predicted molar refractivity (Wildman–Crippen MR) is 85.5 cm³/mol. The molecule has 132 valence electrons. The zero-order valence-corrected chi connectivity index (χ0v) is 14.3. The van der Waals surface area contributed by atoms with Crippen LogP contribution in [-0.4, -0.2) is 51.2 Å². The van der Waals surface area contributed by atoms with Crippen molar-refractivity contribution in [3.05, 3.63) is 30.1 Å². The second-order valence-electron chi connectivity index (χ2n) is 7.11. The summed E-state index contributed by atoms with van der Waals surface area (Å²) in [6.07, 6.45) is 3.43. The number of hydrogen-bond acceptors (Lipinski definition) is 4. The van der Waals surface area contributed by atoms with Gasteiger partial charge in [-0.2, -0.15) is 4.31 Å². The molecule has 2 aliphatic heterocycles. The highest BCUT2D eigenvalue weighted by Crippen LogP contribution is 2.42. The van der Waals surface area contributed by atoms with Crippen molar-refractivity contribution in [3.63, 3.8) is 0 Å². The first-order valence-corrected chi connectivity index (χ1v) is 9.91. The fraction of sp³-hybridized carbons (Fsp3) is 0.647. The predicted octanol–water partition coefficient (Wildman–Crippen LogP) is 2.03. The molecule has 0 amide bonds. The second kappa shape index (κ2) is 6.05. The molecule has 2 heterocycles. The van der Waals surface area contributed by atoms with Gasteiger partial charge in [0.25, 0.3) is 0 Å². The third-order valence-electron chi connectivity index (χ3n) is 5.31. The Morgan fingerprint density at radius 1 is 1.17 bits per heavy atom. The van der Waals surface area contributed by atoms with Gasteiger partial charge in [-0.25, -0.2) is 12.8 Å². The van der Waals surface area contributed by atoms with E-state index in [0.717, 1.165) is 18.9 Å². The van der Waals surface area contributed by atoms with E-state index in [0.29, 0.717) is 26.3 Å². The Balaban J connectivity index is 1.39. The van der Waals surface area contributed by atoms with E-state index in [2.05, 4.69) is 0 Å². The van der Waals surface area contributed by atoms with Gasteiger partial charge in [0.2, 0.25) is 10.0 Å². The first-order valence-electron chi connectivity index (χ1n) is 8.47. The number of benzene rings is 1. The van der Waals surface area contributed by atoms with Gasteiger partial charge in [0, 0.05) is 32.2 Å². The third-order valence-corrected chi connectivity index (χ3v) is 7.11. The van der Waals surface area contributed by atoms with Gasteiger partial charge in [-0.1, -0.05) is 0 Å². The van der Waals surface area contributed by atoms with Crippen LogP contribution in [0.5, 0.6) is 0 Å². The van der Waals surface area contributed by atoms with Crippen LogP contribution in [0.4, 0.5) is 4.39 Å². The SMILES string of the molecule is O=S(=O)(c1ccc(F)cc1)N1CC2(C1)OCC[C@H]2COCC1CC1. The van der Waals surface area contributed by atoms with Gasteiger partial charge in [0.1, 0.15) is 11.4 Å². The lowest BCUT2D eigenvalue weighted by molar-refractivity contribution is -0.114. The normalized spacial score (nSPS) is 26.6. The summed E-state index contributed by atoms with van der Waals surface area (Å²) in [7, 11) is -3.58. The number of halogens is 1. The van der Waals surface area contributed by atoms with E-state index in [1.54, 1.807) is 0 Å². The maximum atomic E-state index is 13.0. The number of nitrogens with zero attached hydrogens (tertiary/aromatic N) is 1. The molecule has 1 aromatic rings. The summed E-state index contributed by atoms with van der Waals surface area (Å²) in [4.78, 5) is 0.123. The van der Waals surface area contributed by atoms with Gasteiger partial charge in [-0.15, -0.1) is 0 Å². The van der Waals surface area contributed by atoms with Crippen LogP contribution >= 0.6 is 0 Å². The summed E-state index contributed by atoms with van der Waals surface area (Å²) >= 11 is 0. The molecule has 1 aromatic carbocycles. The van der Waals surface area contributed by atoms with Crippen molar-refractivity contribution >= 4 is 10.0 Å². The minimum Gasteiger partial charge on any atom is -0.381 e. The van der Waals surface area contributed by atoms with Crippen molar-refractivity contribution in [1.29, 1.82) is 0 Å². The van der Waals surface area contributed by atoms with Gasteiger partial charge in [-0.05, 0) is 49.4 Å². The number of ether oxygens (including phenoxy) is 2. The van der Waals surface area contributed by atoms with Crippen LogP contribution in [0.2, 0.25) is 0 Å². The zero-order valence-electron chi connectivity index (χ0n) is 13.5. The first-order chi connectivity index (χ1) is 11.5. The van der Waals surface area contributed by atoms with Crippen LogP contribution in [0, 0.1) is 17.7 Å². The molecule has 1 aliphatic carbocycles. The van der Waals surface area contributed by atoms with Crippen molar-refractivity contribution in [2.45, 2.75) is 29.8 Å². The summed E-state index contributed by atoms with van der Waals surface area (Å²) in [6, 6.07) is 4.95. The highest BCUT2D eigenvalue weighted by Gasteiger charge is 2.56. The van der Waals surface area contributed by atoms with E-state index in [1.807, 2.05) is 0 Å². The second-order valence-corrected chi connectivity index (χ2v) is 9.04. The number of hydrogen-bond donors (Lipinski definition) is 0. The molecular formula is C17H22FNO4S. The fourth-order valence-electron chi connectivity index (χ4n) is 3.51. The zero-order chi connectivity index (χ0) is 16.8. The highest BCUT2D eigenvalue weighted by molar-refractivity contribution is 7.89. The van der Waals surface area contributed by atoms with E-state index in [-0.39, 0.29) is 10.8 Å². The summed E-state index contributed by atoms with van der Waals surface area (Å²) < 4.78 is 51.3. The average Bonchev–Trinajstić information content (AvgIpc) is 3.23. The average molecular weight is 355 g/mol. The molecule has 3 aliphatic rings. The number of rotatable bonds is 6. The maximum Gasteiger partial charge on any atom is 0.243 e. The lowest BCUT2D eigenvalue weighted by Gasteiger charge is -2.49. The highest BCUT2D eigenvalue weighted by atomic mass is 32.2. The van der Waals surface area contributed by atoms with Gasteiger partial charge in [0.15, 0.2) is 0 Å². The Hall–Kier alpha value is -1.02. The summed E-state index contributed by atoms with van der Waals surface area (Å²) in [5.74, 6) is 0.525. The minimum absolute atomic E-state index is 0.123. The lowest BCUT2D eigenvalue weighted by Crippen LogP contribution is -2.66. The molecule has 7 heteroatoms. The lowest BCUT2D eigenvalue weighted by atomic mass is 9.83. The van der Waals surface area contributed by atoms with Gasteiger partial charge < -0.3 is 9.47 Å². The van der Waals surface area contributed by atoms with Crippen molar-refractivity contribution in [2.24, 2.45) is 11.8 Å². The minimum atomic E-state index is -3.58. The van der Waals surface area contributed by atoms with Gasteiger partial charge >= 0.3 is 0 Å². The molecule has 1 saturated carbocycles. The van der Waals surface area contributed by atoms with Crippen LogP contribution in [0.1, 0.15) is 19.3 Å². The first kappa shape index (κ1) is 16.4. The Morgan fingerprint density at radius 3 is 2.54 bits per heavy atom. The molecule has 24 heavy (non-hydrogen) atoms. The van der Waals surface area contributed by atoms with Gasteiger partial charge in [0.05, 0.1) is 11.5 Å². The molecule has 3 fully saturated rings. The van der Waals surface area contributed by atoms with E-state index in [9.17, 15) is 12.8 Å². The standard InChI is InChI=1S/C17H22FNO4S/c18-15-3-5-16(6-4-15)24(20,21)19-11-17(12-19)14(7-8-23-17)10-22-9-13-1-2-13/h3-6,13-14H,1-2,7-12H2/t14-/m0/s1. The molecule has 0 radical (unpaired) electrons. The van der Waals surface area contributed by atoms with E-state index in [4.69, 9.17) is 9.47 Å². The molecule has 5 nitrogen and oxygen atoms in total. The Kier molecular flexibility index (Phi) is 4.15. The maximum absolute atomic E-state index is 13.0. The van der Waals surface area contributed by atoms with Crippen LogP contribution in [0.25, 0.3) is 0 Å². The third kappa shape index (κ3) is 2.98. The van der Waals surface area contributed by atoms with Crippen molar-refractivity contribution < 1.29 is 22.3 Å². The van der Waals surface area contributed by atoms with Crippen LogP contribution in [0.15, 0.2) is 29.2 Å². The van der Waals surface area contributed by atoms with Crippen LogP contribution in [-0.2, 0) is 19.5 Å². The van der Waals surface area contributed by atoms with Crippen molar-refractivity contribution in [1.82, 2.24) is 4.31 Å². The molecule has 0 bridgehead atoms. The molecular weight excluding hydrogens is 333 g/mol. The number of sulfonamides is 1. The Morgan fingerprint density at radius 2 is 1.88 bits per heavy atom. The summed E-state index contributed by atoms with van der Waals surface area (Å²) in [5.41, 5.74) is -0.406. The van der Waals surface area contributed by atoms with Gasteiger partial charge in [-0.3, -0.25) is 0 Å². The van der Waals surface area contributed by atoms with Crippen LogP contribution in [0.3, 0.4) is 0 Å².